The molecular weight excluding hydrogens is 196 g/mol. The van der Waals surface area contributed by atoms with Gasteiger partial charge in [0, 0.05) is 31.5 Å². The van der Waals surface area contributed by atoms with Crippen LogP contribution >= 0.6 is 11.3 Å². The first kappa shape index (κ1) is 10.1. The molecule has 1 saturated heterocycles. The van der Waals surface area contributed by atoms with Gasteiger partial charge in [0.1, 0.15) is 0 Å². The Morgan fingerprint density at radius 1 is 1.64 bits per heavy atom. The minimum absolute atomic E-state index is 0.727. The second-order valence-electron chi connectivity index (χ2n) is 3.66. The molecule has 0 bridgehead atoms. The van der Waals surface area contributed by atoms with Gasteiger partial charge >= 0.3 is 0 Å². The highest BCUT2D eigenvalue weighted by Gasteiger charge is 2.14. The molecule has 1 aromatic rings. The number of thiazole rings is 1. The lowest BCUT2D eigenvalue weighted by Gasteiger charge is -2.08. The molecule has 1 aliphatic heterocycles. The summed E-state index contributed by atoms with van der Waals surface area (Å²) in [5.74, 6) is 0.727. The molecule has 1 N–H and O–H groups in total. The average molecular weight is 212 g/mol. The highest BCUT2D eigenvalue weighted by atomic mass is 32.1. The Morgan fingerprint density at radius 2 is 2.64 bits per heavy atom. The van der Waals surface area contributed by atoms with E-state index in [1.807, 2.05) is 5.51 Å². The Kier molecular flexibility index (Phi) is 3.91. The lowest BCUT2D eigenvalue weighted by atomic mass is 10.1. The Morgan fingerprint density at radius 3 is 3.36 bits per heavy atom. The summed E-state index contributed by atoms with van der Waals surface area (Å²) < 4.78 is 5.31. The van der Waals surface area contributed by atoms with Gasteiger partial charge in [0.05, 0.1) is 17.8 Å². The van der Waals surface area contributed by atoms with E-state index in [1.165, 1.54) is 12.1 Å². The maximum absolute atomic E-state index is 5.31. The minimum Gasteiger partial charge on any atom is -0.381 e. The number of nitrogens with zero attached hydrogens (tertiary/aromatic N) is 1. The summed E-state index contributed by atoms with van der Waals surface area (Å²) in [6, 6.07) is 0. The van der Waals surface area contributed by atoms with Crippen LogP contribution in [0.15, 0.2) is 10.9 Å². The van der Waals surface area contributed by atoms with E-state index in [0.717, 1.165) is 38.6 Å². The number of aromatic nitrogens is 1. The summed E-state index contributed by atoms with van der Waals surface area (Å²) in [5, 5.41) is 5.56. The van der Waals surface area contributed by atoms with Crippen molar-refractivity contribution in [2.45, 2.75) is 12.8 Å². The summed E-state index contributed by atoms with van der Waals surface area (Å²) in [5.41, 5.74) is 3.09. The lowest BCUT2D eigenvalue weighted by molar-refractivity contribution is 0.185. The van der Waals surface area contributed by atoms with Crippen LogP contribution in [0.25, 0.3) is 0 Å². The van der Waals surface area contributed by atoms with Crippen LogP contribution in [0.1, 0.15) is 12.1 Å². The van der Waals surface area contributed by atoms with E-state index < -0.39 is 0 Å². The molecule has 14 heavy (non-hydrogen) atoms. The summed E-state index contributed by atoms with van der Waals surface area (Å²) >= 11 is 1.66. The van der Waals surface area contributed by atoms with Crippen LogP contribution in [0.2, 0.25) is 0 Å². The fourth-order valence-corrected chi connectivity index (χ4v) is 2.22. The van der Waals surface area contributed by atoms with E-state index in [1.54, 1.807) is 11.3 Å². The molecule has 78 valence electrons. The zero-order valence-electron chi connectivity index (χ0n) is 8.24. The van der Waals surface area contributed by atoms with E-state index in [2.05, 4.69) is 15.7 Å². The standard InChI is InChI=1S/C10H16N2OS/c1(10-7-14-8-12-10)3-11-5-9-2-4-13-6-9/h7-9,11H,1-6H2. The van der Waals surface area contributed by atoms with Crippen LogP contribution in [-0.4, -0.2) is 31.3 Å². The summed E-state index contributed by atoms with van der Waals surface area (Å²) in [4.78, 5) is 4.24. The quantitative estimate of drug-likeness (QED) is 0.747. The molecule has 2 heterocycles. The van der Waals surface area contributed by atoms with Gasteiger partial charge < -0.3 is 10.1 Å². The first-order valence-electron chi connectivity index (χ1n) is 5.10. The van der Waals surface area contributed by atoms with Gasteiger partial charge in [-0.3, -0.25) is 0 Å². The van der Waals surface area contributed by atoms with E-state index in [-0.39, 0.29) is 0 Å². The fourth-order valence-electron chi connectivity index (χ4n) is 1.63. The molecular formula is C10H16N2OS. The Labute approximate surface area is 88.5 Å². The first-order chi connectivity index (χ1) is 6.95. The third-order valence-electron chi connectivity index (χ3n) is 2.50. The van der Waals surface area contributed by atoms with Crippen molar-refractivity contribution in [1.29, 1.82) is 0 Å². The Hall–Kier alpha value is -0.450. The predicted molar refractivity (Wildman–Crippen MR) is 57.6 cm³/mol. The van der Waals surface area contributed by atoms with Gasteiger partial charge in [-0.15, -0.1) is 11.3 Å². The van der Waals surface area contributed by atoms with Crippen molar-refractivity contribution in [2.75, 3.05) is 26.3 Å². The summed E-state index contributed by atoms with van der Waals surface area (Å²) in [6.45, 7) is 3.99. The monoisotopic (exact) mass is 212 g/mol. The number of hydrogen-bond acceptors (Lipinski definition) is 4. The van der Waals surface area contributed by atoms with Gasteiger partial charge in [-0.05, 0) is 12.3 Å². The highest BCUT2D eigenvalue weighted by molar-refractivity contribution is 7.07. The van der Waals surface area contributed by atoms with Crippen molar-refractivity contribution in [1.82, 2.24) is 10.3 Å². The maximum atomic E-state index is 5.31. The van der Waals surface area contributed by atoms with E-state index >= 15 is 0 Å². The largest absolute Gasteiger partial charge is 0.381 e. The Balaban J connectivity index is 1.55. The van der Waals surface area contributed by atoms with Gasteiger partial charge in [-0.2, -0.15) is 0 Å². The smallest absolute Gasteiger partial charge is 0.0794 e. The highest BCUT2D eigenvalue weighted by Crippen LogP contribution is 2.10. The van der Waals surface area contributed by atoms with Crippen LogP contribution in [-0.2, 0) is 11.2 Å². The molecule has 4 heteroatoms. The van der Waals surface area contributed by atoms with Crippen molar-refractivity contribution in [3.63, 3.8) is 0 Å². The molecule has 1 unspecified atom stereocenters. The fraction of sp³-hybridized carbons (Fsp3) is 0.700. The minimum atomic E-state index is 0.727. The third-order valence-corrected chi connectivity index (χ3v) is 3.13. The zero-order chi connectivity index (χ0) is 9.64. The number of nitrogens with one attached hydrogen (secondary N) is 1. The van der Waals surface area contributed by atoms with Crippen molar-refractivity contribution in [3.8, 4) is 0 Å². The molecule has 1 aliphatic rings. The van der Waals surface area contributed by atoms with Crippen molar-refractivity contribution >= 4 is 11.3 Å². The Bertz CT molecular complexity index is 245. The molecule has 0 spiro atoms. The van der Waals surface area contributed by atoms with Gasteiger partial charge in [0.25, 0.3) is 0 Å². The molecule has 0 saturated carbocycles. The molecule has 0 aliphatic carbocycles. The molecule has 0 amide bonds. The summed E-state index contributed by atoms with van der Waals surface area (Å²) in [7, 11) is 0. The number of rotatable bonds is 5. The molecule has 1 atom stereocenters. The van der Waals surface area contributed by atoms with Gasteiger partial charge in [0.15, 0.2) is 0 Å². The van der Waals surface area contributed by atoms with Gasteiger partial charge in [-0.1, -0.05) is 0 Å². The third kappa shape index (κ3) is 3.04. The topological polar surface area (TPSA) is 34.2 Å². The van der Waals surface area contributed by atoms with E-state index in [0.29, 0.717) is 0 Å². The maximum Gasteiger partial charge on any atom is 0.0794 e. The van der Waals surface area contributed by atoms with E-state index in [9.17, 15) is 0 Å². The molecule has 1 fully saturated rings. The predicted octanol–water partition coefficient (Wildman–Crippen LogP) is 1.31. The average Bonchev–Trinajstić information content (AvgIpc) is 2.86. The van der Waals surface area contributed by atoms with Crippen molar-refractivity contribution in [3.05, 3.63) is 16.6 Å². The normalized spacial score (nSPS) is 21.6. The molecule has 2 rings (SSSR count). The number of hydrogen-bond donors (Lipinski definition) is 1. The van der Waals surface area contributed by atoms with Crippen molar-refractivity contribution in [2.24, 2.45) is 5.92 Å². The molecule has 0 radical (unpaired) electrons. The van der Waals surface area contributed by atoms with Crippen LogP contribution in [0.5, 0.6) is 0 Å². The lowest BCUT2D eigenvalue weighted by Crippen LogP contribution is -2.25. The second kappa shape index (κ2) is 5.44. The van der Waals surface area contributed by atoms with Gasteiger partial charge in [0.2, 0.25) is 0 Å². The van der Waals surface area contributed by atoms with Crippen LogP contribution < -0.4 is 5.32 Å². The van der Waals surface area contributed by atoms with Crippen LogP contribution in [0.4, 0.5) is 0 Å². The molecule has 0 aromatic carbocycles. The van der Waals surface area contributed by atoms with E-state index in [4.69, 9.17) is 4.74 Å². The zero-order valence-corrected chi connectivity index (χ0v) is 9.05. The van der Waals surface area contributed by atoms with Crippen molar-refractivity contribution < 1.29 is 4.74 Å². The molecule has 1 aromatic heterocycles. The van der Waals surface area contributed by atoms with Crippen LogP contribution in [0.3, 0.4) is 0 Å². The SMILES string of the molecule is c1nc(CCNCC2CCOC2)cs1. The van der Waals surface area contributed by atoms with Gasteiger partial charge in [-0.25, -0.2) is 4.98 Å². The molecule has 3 nitrogen and oxygen atoms in total. The van der Waals surface area contributed by atoms with Crippen LogP contribution in [0, 0.1) is 5.92 Å². The summed E-state index contributed by atoms with van der Waals surface area (Å²) in [6.07, 6.45) is 2.25. The number of ether oxygens (including phenoxy) is 1. The second-order valence-corrected chi connectivity index (χ2v) is 4.38. The first-order valence-corrected chi connectivity index (χ1v) is 6.05.